The van der Waals surface area contributed by atoms with E-state index >= 15 is 0 Å². The van der Waals surface area contributed by atoms with Crippen LogP contribution in [0.25, 0.3) is 11.3 Å². The number of primary amides is 1. The highest BCUT2D eigenvalue weighted by atomic mass is 19.3. The van der Waals surface area contributed by atoms with Gasteiger partial charge >= 0.3 is 0 Å². The molecule has 11 heteroatoms. The van der Waals surface area contributed by atoms with Crippen LogP contribution in [0.3, 0.4) is 0 Å². The minimum Gasteiger partial charge on any atom is -0.383 e. The molecule has 1 aliphatic carbocycles. The predicted octanol–water partition coefficient (Wildman–Crippen LogP) is 3.67. The van der Waals surface area contributed by atoms with Gasteiger partial charge in [0.2, 0.25) is 17.7 Å². The molecule has 1 aromatic carbocycles. The zero-order valence-corrected chi connectivity index (χ0v) is 19.1. The maximum absolute atomic E-state index is 13.3. The third kappa shape index (κ3) is 4.37. The van der Waals surface area contributed by atoms with Gasteiger partial charge in [0, 0.05) is 35.9 Å². The first-order valence-electron chi connectivity index (χ1n) is 10.8. The van der Waals surface area contributed by atoms with Gasteiger partial charge < -0.3 is 16.0 Å². The van der Waals surface area contributed by atoms with Crippen LogP contribution in [0.1, 0.15) is 61.3 Å². The highest BCUT2D eigenvalue weighted by Crippen LogP contribution is 2.52. The largest absolute Gasteiger partial charge is 0.383 e. The van der Waals surface area contributed by atoms with Crippen LogP contribution in [0.15, 0.2) is 34.9 Å². The fourth-order valence-electron chi connectivity index (χ4n) is 4.32. The van der Waals surface area contributed by atoms with Gasteiger partial charge in [0.05, 0.1) is 12.1 Å². The number of nitrogen functional groups attached to an aromatic ring is 1. The van der Waals surface area contributed by atoms with Gasteiger partial charge in [-0.25, -0.2) is 13.5 Å². The number of anilines is 2. The Kier molecular flexibility index (Phi) is 5.66. The van der Waals surface area contributed by atoms with Crippen molar-refractivity contribution in [3.63, 3.8) is 0 Å². The minimum absolute atomic E-state index is 0.0386. The molecular weight excluding hydrogens is 446 g/mol. The van der Waals surface area contributed by atoms with Gasteiger partial charge in [0.15, 0.2) is 0 Å². The highest BCUT2D eigenvalue weighted by Gasteiger charge is 2.55. The third-order valence-electron chi connectivity index (χ3n) is 5.96. The lowest BCUT2D eigenvalue weighted by Crippen LogP contribution is -2.47. The van der Waals surface area contributed by atoms with Gasteiger partial charge in [-0.15, -0.1) is 0 Å². The summed E-state index contributed by atoms with van der Waals surface area (Å²) < 4.78 is 33.2. The summed E-state index contributed by atoms with van der Waals surface area (Å²) in [5.74, 6) is -3.42. The minimum atomic E-state index is -2.69. The number of hydrogen-bond acceptors (Lipinski definition) is 6. The summed E-state index contributed by atoms with van der Waals surface area (Å²) in [4.78, 5) is 24.4. The molecule has 2 aromatic heterocycles. The van der Waals surface area contributed by atoms with Gasteiger partial charge in [-0.1, -0.05) is 36.3 Å². The van der Waals surface area contributed by atoms with Crippen molar-refractivity contribution in [1.29, 1.82) is 0 Å². The Bertz CT molecular complexity index is 1240. The molecule has 0 spiro atoms. The number of halogens is 2. The second kappa shape index (κ2) is 8.23. The lowest BCUT2D eigenvalue weighted by Gasteiger charge is -2.43. The number of amides is 2. The number of rotatable bonds is 7. The van der Waals surface area contributed by atoms with Crippen molar-refractivity contribution < 1.29 is 22.9 Å². The van der Waals surface area contributed by atoms with Gasteiger partial charge in [-0.3, -0.25) is 14.9 Å². The van der Waals surface area contributed by atoms with E-state index in [2.05, 4.69) is 15.6 Å². The molecule has 4 rings (SSSR count). The van der Waals surface area contributed by atoms with E-state index in [1.807, 2.05) is 13.8 Å². The Hall–Kier alpha value is -3.76. The molecule has 9 nitrogen and oxygen atoms in total. The molecular formula is C23H26F2N6O3. The number of nitrogens with zero attached hydrogens (tertiary/aromatic N) is 3. The zero-order chi connectivity index (χ0) is 24.8. The lowest BCUT2D eigenvalue weighted by atomic mass is 9.65. The number of carbonyl (C=O) groups excluding carboxylic acids is 2. The van der Waals surface area contributed by atoms with E-state index < -0.39 is 17.2 Å². The number of nitrogens with one attached hydrogen (secondary N) is 1. The third-order valence-corrected chi connectivity index (χ3v) is 5.96. The molecule has 0 radical (unpaired) electrons. The maximum atomic E-state index is 13.3. The van der Waals surface area contributed by atoms with Crippen molar-refractivity contribution in [2.45, 2.75) is 57.4 Å². The monoisotopic (exact) mass is 472 g/mol. The van der Waals surface area contributed by atoms with Crippen LogP contribution in [-0.4, -0.2) is 32.7 Å². The molecule has 2 heterocycles. The molecule has 1 aliphatic rings. The summed E-state index contributed by atoms with van der Waals surface area (Å²) in [6, 6.07) is 8.34. The second-order valence-corrected chi connectivity index (χ2v) is 9.28. The van der Waals surface area contributed by atoms with E-state index in [-0.39, 0.29) is 48.5 Å². The van der Waals surface area contributed by atoms with Crippen molar-refractivity contribution in [2.24, 2.45) is 5.73 Å². The first kappa shape index (κ1) is 23.4. The van der Waals surface area contributed by atoms with Crippen molar-refractivity contribution >= 4 is 23.5 Å². The average Bonchev–Trinajstić information content (AvgIpc) is 3.31. The zero-order valence-electron chi connectivity index (χ0n) is 19.1. The van der Waals surface area contributed by atoms with E-state index in [1.165, 1.54) is 10.7 Å². The number of carbonyl (C=O) groups is 2. The number of hydrogen-bond donors (Lipinski definition) is 3. The van der Waals surface area contributed by atoms with Crippen LogP contribution >= 0.6 is 0 Å². The standard InChI is InChI=1S/C23H26F2N6O3/c1-12(2)31-20(26)18(21(27)33)19(29-31)14-6-4-13(5-7-14)8-16(32)28-17-9-15(30-34-17)22(3)10-23(24,25)11-22/h4-7,9,12H,8,10-11,26H2,1-3H3,(H2,27,33)(H,28,32). The SMILES string of the molecule is CC(C)n1nc(-c2ccc(CC(=O)Nc3cc(C4(C)CC(F)(F)C4)no3)cc2)c(C(N)=O)c1N. The molecule has 5 N–H and O–H groups in total. The van der Waals surface area contributed by atoms with E-state index in [0.717, 1.165) is 0 Å². The normalized spacial score (nSPS) is 16.3. The van der Waals surface area contributed by atoms with E-state index in [4.69, 9.17) is 16.0 Å². The predicted molar refractivity (Wildman–Crippen MR) is 121 cm³/mol. The molecule has 0 saturated heterocycles. The Morgan fingerprint density at radius 3 is 2.44 bits per heavy atom. The molecule has 1 saturated carbocycles. The summed E-state index contributed by atoms with van der Waals surface area (Å²) in [5, 5.41) is 10.9. The van der Waals surface area contributed by atoms with Crippen molar-refractivity contribution in [2.75, 3.05) is 11.1 Å². The smallest absolute Gasteiger partial charge is 0.254 e. The van der Waals surface area contributed by atoms with Crippen LogP contribution < -0.4 is 16.8 Å². The highest BCUT2D eigenvalue weighted by molar-refractivity contribution is 6.03. The number of aromatic nitrogens is 3. The number of nitrogens with two attached hydrogens (primary N) is 2. The van der Waals surface area contributed by atoms with Crippen molar-refractivity contribution in [1.82, 2.24) is 14.9 Å². The molecule has 0 unspecified atom stereocenters. The van der Waals surface area contributed by atoms with Crippen LogP contribution in [0.5, 0.6) is 0 Å². The summed E-state index contributed by atoms with van der Waals surface area (Å²) in [6.45, 7) is 5.47. The second-order valence-electron chi connectivity index (χ2n) is 9.28. The van der Waals surface area contributed by atoms with E-state index in [1.54, 1.807) is 31.2 Å². The molecule has 180 valence electrons. The summed E-state index contributed by atoms with van der Waals surface area (Å²) in [6.07, 6.45) is -0.563. The Morgan fingerprint density at radius 1 is 1.24 bits per heavy atom. The van der Waals surface area contributed by atoms with Crippen LogP contribution in [0.2, 0.25) is 0 Å². The van der Waals surface area contributed by atoms with Gasteiger partial charge in [0.25, 0.3) is 5.91 Å². The molecule has 34 heavy (non-hydrogen) atoms. The maximum Gasteiger partial charge on any atom is 0.254 e. The van der Waals surface area contributed by atoms with E-state index in [0.29, 0.717) is 22.5 Å². The quantitative estimate of drug-likeness (QED) is 0.479. The van der Waals surface area contributed by atoms with Gasteiger partial charge in [0.1, 0.15) is 17.1 Å². The van der Waals surface area contributed by atoms with Crippen LogP contribution in [0, 0.1) is 0 Å². The fourth-order valence-corrected chi connectivity index (χ4v) is 4.32. The Labute approximate surface area is 194 Å². The van der Waals surface area contributed by atoms with Crippen molar-refractivity contribution in [3.05, 3.63) is 47.2 Å². The fraction of sp³-hybridized carbons (Fsp3) is 0.391. The average molecular weight is 472 g/mol. The van der Waals surface area contributed by atoms with E-state index in [9.17, 15) is 18.4 Å². The molecule has 0 aliphatic heterocycles. The van der Waals surface area contributed by atoms with Crippen LogP contribution in [-0.2, 0) is 16.6 Å². The first-order valence-corrected chi connectivity index (χ1v) is 10.8. The summed E-state index contributed by atoms with van der Waals surface area (Å²) in [7, 11) is 0. The van der Waals surface area contributed by atoms with Crippen LogP contribution in [0.4, 0.5) is 20.5 Å². The lowest BCUT2D eigenvalue weighted by molar-refractivity contribution is -0.122. The number of alkyl halides is 2. The topological polar surface area (TPSA) is 142 Å². The summed E-state index contributed by atoms with van der Waals surface area (Å²) in [5.41, 5.74) is 13.1. The van der Waals surface area contributed by atoms with Gasteiger partial charge in [-0.2, -0.15) is 5.10 Å². The molecule has 0 bridgehead atoms. The Balaban J connectivity index is 1.44. The summed E-state index contributed by atoms with van der Waals surface area (Å²) >= 11 is 0. The molecule has 1 fully saturated rings. The molecule has 0 atom stereocenters. The first-order chi connectivity index (χ1) is 15.9. The van der Waals surface area contributed by atoms with Gasteiger partial charge in [-0.05, 0) is 19.4 Å². The molecule has 3 aromatic rings. The number of benzene rings is 1. The molecule has 2 amide bonds. The Morgan fingerprint density at radius 2 is 1.88 bits per heavy atom. The van der Waals surface area contributed by atoms with Crippen molar-refractivity contribution in [3.8, 4) is 11.3 Å².